The van der Waals surface area contributed by atoms with Crippen LogP contribution in [0.3, 0.4) is 0 Å². The predicted octanol–water partition coefficient (Wildman–Crippen LogP) is 1.83. The van der Waals surface area contributed by atoms with Gasteiger partial charge < -0.3 is 5.32 Å². The zero-order chi connectivity index (χ0) is 11.4. The second-order valence-corrected chi connectivity index (χ2v) is 4.44. The van der Waals surface area contributed by atoms with Gasteiger partial charge in [0.15, 0.2) is 0 Å². The molecule has 0 saturated carbocycles. The summed E-state index contributed by atoms with van der Waals surface area (Å²) >= 11 is 0. The van der Waals surface area contributed by atoms with Crippen molar-refractivity contribution >= 4 is 0 Å². The first-order chi connectivity index (χ1) is 7.83. The van der Waals surface area contributed by atoms with E-state index in [-0.39, 0.29) is 0 Å². The van der Waals surface area contributed by atoms with Gasteiger partial charge in [-0.25, -0.2) is 0 Å². The van der Waals surface area contributed by atoms with Crippen LogP contribution in [-0.2, 0) is 0 Å². The van der Waals surface area contributed by atoms with E-state index in [9.17, 15) is 0 Å². The smallest absolute Gasteiger partial charge is 0.0338 e. The molecule has 2 unspecified atom stereocenters. The van der Waals surface area contributed by atoms with E-state index in [1.807, 2.05) is 18.5 Å². The predicted molar refractivity (Wildman–Crippen MR) is 66.3 cm³/mol. The van der Waals surface area contributed by atoms with Crippen molar-refractivity contribution in [2.75, 3.05) is 19.6 Å². The molecule has 2 atom stereocenters. The fourth-order valence-electron chi connectivity index (χ4n) is 2.59. The van der Waals surface area contributed by atoms with Crippen LogP contribution in [0.25, 0.3) is 0 Å². The zero-order valence-corrected chi connectivity index (χ0v) is 10.2. The van der Waals surface area contributed by atoms with Crippen molar-refractivity contribution in [2.45, 2.75) is 32.4 Å². The minimum Gasteiger partial charge on any atom is -0.315 e. The van der Waals surface area contributed by atoms with Gasteiger partial charge in [-0.05, 0) is 38.1 Å². The first-order valence-corrected chi connectivity index (χ1v) is 6.19. The molecule has 2 rings (SSSR count). The first-order valence-electron chi connectivity index (χ1n) is 6.19. The number of hydrogen-bond donors (Lipinski definition) is 1. The summed E-state index contributed by atoms with van der Waals surface area (Å²) in [6.07, 6.45) is 5.08. The molecule has 1 saturated heterocycles. The van der Waals surface area contributed by atoms with Crippen molar-refractivity contribution in [1.29, 1.82) is 0 Å². The maximum Gasteiger partial charge on any atom is 0.0338 e. The average molecular weight is 219 g/mol. The number of rotatable bonds is 4. The minimum absolute atomic E-state index is 0.462. The second-order valence-electron chi connectivity index (χ2n) is 4.44. The third-order valence-corrected chi connectivity index (χ3v) is 3.53. The third kappa shape index (κ3) is 2.42. The Hall–Kier alpha value is -0.930. The van der Waals surface area contributed by atoms with E-state index < -0.39 is 0 Å². The highest BCUT2D eigenvalue weighted by atomic mass is 15.2. The highest BCUT2D eigenvalue weighted by Crippen LogP contribution is 2.23. The molecule has 1 aromatic rings. The Morgan fingerprint density at radius 2 is 2.50 bits per heavy atom. The molecule has 0 radical (unpaired) electrons. The fraction of sp³-hybridized carbons (Fsp3) is 0.615. The molecular weight excluding hydrogens is 198 g/mol. The van der Waals surface area contributed by atoms with E-state index >= 15 is 0 Å². The van der Waals surface area contributed by atoms with E-state index in [0.29, 0.717) is 12.1 Å². The maximum absolute atomic E-state index is 4.21. The molecule has 3 heteroatoms. The van der Waals surface area contributed by atoms with E-state index in [1.165, 1.54) is 12.0 Å². The van der Waals surface area contributed by atoms with E-state index in [0.717, 1.165) is 19.6 Å². The van der Waals surface area contributed by atoms with Crippen LogP contribution in [0.5, 0.6) is 0 Å². The van der Waals surface area contributed by atoms with Gasteiger partial charge in [-0.1, -0.05) is 13.0 Å². The topological polar surface area (TPSA) is 28.2 Å². The number of nitrogens with zero attached hydrogens (tertiary/aromatic N) is 2. The Labute approximate surface area is 97.9 Å². The highest BCUT2D eigenvalue weighted by molar-refractivity contribution is 5.13. The molecule has 0 spiro atoms. The fourth-order valence-corrected chi connectivity index (χ4v) is 2.59. The summed E-state index contributed by atoms with van der Waals surface area (Å²) in [6.45, 7) is 7.89. The van der Waals surface area contributed by atoms with Crippen molar-refractivity contribution in [3.8, 4) is 0 Å². The van der Waals surface area contributed by atoms with Crippen LogP contribution in [0, 0.1) is 0 Å². The molecule has 0 aromatic carbocycles. The number of pyridine rings is 1. The largest absolute Gasteiger partial charge is 0.315 e. The van der Waals surface area contributed by atoms with Gasteiger partial charge in [-0.15, -0.1) is 0 Å². The maximum atomic E-state index is 4.21. The molecule has 1 aromatic heterocycles. The Morgan fingerprint density at radius 3 is 3.06 bits per heavy atom. The summed E-state index contributed by atoms with van der Waals surface area (Å²) in [5.74, 6) is 0. The summed E-state index contributed by atoms with van der Waals surface area (Å²) in [5, 5.41) is 3.44. The van der Waals surface area contributed by atoms with E-state index in [1.54, 1.807) is 0 Å². The molecule has 16 heavy (non-hydrogen) atoms. The number of likely N-dealkylation sites (N-methyl/N-ethyl adjacent to an activating group) is 1. The quantitative estimate of drug-likeness (QED) is 0.837. The summed E-state index contributed by atoms with van der Waals surface area (Å²) in [6, 6.07) is 5.33. The van der Waals surface area contributed by atoms with Crippen LogP contribution in [0.15, 0.2) is 24.5 Å². The van der Waals surface area contributed by atoms with Gasteiger partial charge >= 0.3 is 0 Å². The zero-order valence-electron chi connectivity index (χ0n) is 10.2. The van der Waals surface area contributed by atoms with Gasteiger partial charge in [0, 0.05) is 31.0 Å². The van der Waals surface area contributed by atoms with Gasteiger partial charge in [0.2, 0.25) is 0 Å². The van der Waals surface area contributed by atoms with Gasteiger partial charge in [-0.2, -0.15) is 0 Å². The summed E-state index contributed by atoms with van der Waals surface area (Å²) < 4.78 is 0. The van der Waals surface area contributed by atoms with Crippen LogP contribution in [-0.4, -0.2) is 35.6 Å². The number of nitrogens with one attached hydrogen (secondary N) is 1. The van der Waals surface area contributed by atoms with Crippen LogP contribution in [0.4, 0.5) is 0 Å². The molecule has 1 N–H and O–H groups in total. The summed E-state index contributed by atoms with van der Waals surface area (Å²) in [5.41, 5.74) is 1.32. The Balaban J connectivity index is 2.08. The van der Waals surface area contributed by atoms with Crippen LogP contribution < -0.4 is 5.32 Å². The van der Waals surface area contributed by atoms with Crippen LogP contribution in [0.1, 0.15) is 31.9 Å². The van der Waals surface area contributed by atoms with Crippen LogP contribution in [0.2, 0.25) is 0 Å². The molecule has 0 amide bonds. The summed E-state index contributed by atoms with van der Waals surface area (Å²) in [4.78, 5) is 6.77. The second kappa shape index (κ2) is 5.41. The highest BCUT2D eigenvalue weighted by Gasteiger charge is 2.25. The lowest BCUT2D eigenvalue weighted by atomic mass is 10.1. The van der Waals surface area contributed by atoms with Gasteiger partial charge in [-0.3, -0.25) is 9.88 Å². The van der Waals surface area contributed by atoms with Crippen molar-refractivity contribution in [3.05, 3.63) is 30.1 Å². The number of hydrogen-bond acceptors (Lipinski definition) is 3. The lowest BCUT2D eigenvalue weighted by molar-refractivity contribution is 0.162. The number of aromatic nitrogens is 1. The Kier molecular flexibility index (Phi) is 3.91. The molecule has 88 valence electrons. The van der Waals surface area contributed by atoms with Crippen molar-refractivity contribution in [3.63, 3.8) is 0 Å². The average Bonchev–Trinajstić information content (AvgIpc) is 2.85. The monoisotopic (exact) mass is 219 g/mol. The molecule has 1 fully saturated rings. The van der Waals surface area contributed by atoms with Gasteiger partial charge in [0.05, 0.1) is 0 Å². The molecule has 3 nitrogen and oxygen atoms in total. The first kappa shape index (κ1) is 11.6. The lowest BCUT2D eigenvalue weighted by Gasteiger charge is -2.33. The minimum atomic E-state index is 0.462. The van der Waals surface area contributed by atoms with Gasteiger partial charge in [0.1, 0.15) is 0 Å². The molecule has 1 aliphatic rings. The molecule has 0 bridgehead atoms. The van der Waals surface area contributed by atoms with Crippen molar-refractivity contribution < 1.29 is 0 Å². The molecule has 2 heterocycles. The van der Waals surface area contributed by atoms with E-state index in [4.69, 9.17) is 0 Å². The van der Waals surface area contributed by atoms with Crippen molar-refractivity contribution in [2.24, 2.45) is 0 Å². The molecule has 0 aliphatic carbocycles. The lowest BCUT2D eigenvalue weighted by Crippen LogP contribution is -2.38. The standard InChI is InChI=1S/C13H21N3/c1-3-16(13-6-8-15-10-13)11(2)12-5-4-7-14-9-12/h4-5,7,9,11,13,15H,3,6,8,10H2,1-2H3. The molecule has 1 aliphatic heterocycles. The van der Waals surface area contributed by atoms with Gasteiger partial charge in [0.25, 0.3) is 0 Å². The van der Waals surface area contributed by atoms with Crippen molar-refractivity contribution in [1.82, 2.24) is 15.2 Å². The summed E-state index contributed by atoms with van der Waals surface area (Å²) in [7, 11) is 0. The molecular formula is C13H21N3. The van der Waals surface area contributed by atoms with Crippen LogP contribution >= 0.6 is 0 Å². The van der Waals surface area contributed by atoms with E-state index in [2.05, 4.69) is 35.1 Å². The SMILES string of the molecule is CCN(C1CCNC1)C(C)c1cccnc1. The Bertz CT molecular complexity index is 306. The Morgan fingerprint density at radius 1 is 1.62 bits per heavy atom. The normalized spacial score (nSPS) is 22.6. The third-order valence-electron chi connectivity index (χ3n) is 3.53.